The van der Waals surface area contributed by atoms with Crippen LogP contribution in [-0.4, -0.2) is 56.8 Å². The van der Waals surface area contributed by atoms with E-state index in [4.69, 9.17) is 4.74 Å². The maximum absolute atomic E-state index is 11.3. The Morgan fingerprint density at radius 1 is 1.29 bits per heavy atom. The van der Waals surface area contributed by atoms with Crippen molar-refractivity contribution in [1.82, 2.24) is 4.90 Å². The van der Waals surface area contributed by atoms with Gasteiger partial charge < -0.3 is 20.3 Å². The summed E-state index contributed by atoms with van der Waals surface area (Å²) in [6.07, 6.45) is 0. The molecule has 0 bridgehead atoms. The van der Waals surface area contributed by atoms with Gasteiger partial charge in [0.1, 0.15) is 11.4 Å². The van der Waals surface area contributed by atoms with Crippen LogP contribution >= 0.6 is 0 Å². The highest BCUT2D eigenvalue weighted by Crippen LogP contribution is 2.32. The summed E-state index contributed by atoms with van der Waals surface area (Å²) in [5.74, 6) is 0. The molecular weight excluding hydrogens is 272 g/mol. The Morgan fingerprint density at radius 3 is 2.52 bits per heavy atom. The van der Waals surface area contributed by atoms with Crippen LogP contribution in [0.4, 0.5) is 17.1 Å². The van der Waals surface area contributed by atoms with E-state index in [1.165, 1.54) is 0 Å². The van der Waals surface area contributed by atoms with Gasteiger partial charge in [0, 0.05) is 33.3 Å². The predicted molar refractivity (Wildman–Crippen MR) is 85.1 cm³/mol. The van der Waals surface area contributed by atoms with Gasteiger partial charge in [0.15, 0.2) is 0 Å². The number of nitro groups is 1. The van der Waals surface area contributed by atoms with E-state index in [-0.39, 0.29) is 10.6 Å². The van der Waals surface area contributed by atoms with Crippen molar-refractivity contribution >= 4 is 17.1 Å². The SMILES string of the molecule is CCNc1cccc(NCCN(C)CCOC)c1[N+](=O)[O-]. The first-order valence-electron chi connectivity index (χ1n) is 7.02. The van der Waals surface area contributed by atoms with Gasteiger partial charge in [-0.15, -0.1) is 0 Å². The third kappa shape index (κ3) is 5.57. The number of nitrogens with zero attached hydrogens (tertiary/aromatic N) is 2. The van der Waals surface area contributed by atoms with Crippen LogP contribution in [0.1, 0.15) is 6.92 Å². The van der Waals surface area contributed by atoms with Crippen LogP contribution in [0.5, 0.6) is 0 Å². The van der Waals surface area contributed by atoms with Crippen LogP contribution in [0.3, 0.4) is 0 Å². The lowest BCUT2D eigenvalue weighted by atomic mass is 10.2. The molecule has 0 aliphatic rings. The summed E-state index contributed by atoms with van der Waals surface area (Å²) in [6, 6.07) is 5.26. The molecular formula is C14H24N4O3. The molecule has 1 aromatic carbocycles. The summed E-state index contributed by atoms with van der Waals surface area (Å²) in [5.41, 5.74) is 1.18. The van der Waals surface area contributed by atoms with E-state index in [1.807, 2.05) is 20.0 Å². The van der Waals surface area contributed by atoms with Crippen LogP contribution in [0, 0.1) is 10.1 Å². The topological polar surface area (TPSA) is 79.7 Å². The molecule has 2 N–H and O–H groups in total. The van der Waals surface area contributed by atoms with Crippen molar-refractivity contribution in [3.05, 3.63) is 28.3 Å². The third-order valence-electron chi connectivity index (χ3n) is 3.07. The Labute approximate surface area is 125 Å². The predicted octanol–water partition coefficient (Wildman–Crippen LogP) is 2.02. The van der Waals surface area contributed by atoms with Crippen LogP contribution in [0.25, 0.3) is 0 Å². The Morgan fingerprint density at radius 2 is 1.95 bits per heavy atom. The number of para-hydroxylation sites is 1. The highest BCUT2D eigenvalue weighted by Gasteiger charge is 2.18. The molecule has 0 heterocycles. The van der Waals surface area contributed by atoms with Crippen molar-refractivity contribution < 1.29 is 9.66 Å². The van der Waals surface area contributed by atoms with Crippen molar-refractivity contribution in [2.24, 2.45) is 0 Å². The summed E-state index contributed by atoms with van der Waals surface area (Å²) in [7, 11) is 3.66. The quantitative estimate of drug-likeness (QED) is 0.508. The Kier molecular flexibility index (Phi) is 7.49. The second-order valence-electron chi connectivity index (χ2n) is 4.71. The lowest BCUT2D eigenvalue weighted by Crippen LogP contribution is -2.28. The molecule has 1 rings (SSSR count). The van der Waals surface area contributed by atoms with E-state index in [0.29, 0.717) is 31.1 Å². The first-order valence-corrected chi connectivity index (χ1v) is 7.02. The number of rotatable bonds is 10. The zero-order chi connectivity index (χ0) is 15.7. The molecule has 0 unspecified atom stereocenters. The number of hydrogen-bond donors (Lipinski definition) is 2. The maximum atomic E-state index is 11.3. The molecule has 21 heavy (non-hydrogen) atoms. The first kappa shape index (κ1) is 17.2. The molecule has 0 atom stereocenters. The molecule has 0 spiro atoms. The number of hydrogen-bond acceptors (Lipinski definition) is 6. The number of anilines is 2. The van der Waals surface area contributed by atoms with E-state index in [0.717, 1.165) is 13.1 Å². The van der Waals surface area contributed by atoms with Gasteiger partial charge in [-0.2, -0.15) is 0 Å². The van der Waals surface area contributed by atoms with Crippen LogP contribution in [0.2, 0.25) is 0 Å². The molecule has 0 amide bonds. The molecule has 0 aromatic heterocycles. The third-order valence-corrected chi connectivity index (χ3v) is 3.07. The smallest absolute Gasteiger partial charge is 0.315 e. The number of nitrogens with one attached hydrogen (secondary N) is 2. The average Bonchev–Trinajstić information content (AvgIpc) is 2.45. The second-order valence-corrected chi connectivity index (χ2v) is 4.71. The average molecular weight is 296 g/mol. The summed E-state index contributed by atoms with van der Waals surface area (Å²) in [5, 5.41) is 17.4. The monoisotopic (exact) mass is 296 g/mol. The van der Waals surface area contributed by atoms with Gasteiger partial charge in [0.2, 0.25) is 0 Å². The van der Waals surface area contributed by atoms with E-state index in [9.17, 15) is 10.1 Å². The Balaban J connectivity index is 2.66. The van der Waals surface area contributed by atoms with E-state index >= 15 is 0 Å². The number of likely N-dealkylation sites (N-methyl/N-ethyl adjacent to an activating group) is 1. The summed E-state index contributed by atoms with van der Waals surface area (Å²) < 4.78 is 5.01. The normalized spacial score (nSPS) is 10.7. The fourth-order valence-corrected chi connectivity index (χ4v) is 1.96. The minimum Gasteiger partial charge on any atom is -0.383 e. The van der Waals surface area contributed by atoms with Crippen LogP contribution < -0.4 is 10.6 Å². The number of nitro benzene ring substituents is 1. The molecule has 7 heteroatoms. The molecule has 0 radical (unpaired) electrons. The van der Waals surface area contributed by atoms with Crippen LogP contribution in [-0.2, 0) is 4.74 Å². The van der Waals surface area contributed by atoms with Gasteiger partial charge in [0.25, 0.3) is 0 Å². The fraction of sp³-hybridized carbons (Fsp3) is 0.571. The summed E-state index contributed by atoms with van der Waals surface area (Å²) in [4.78, 5) is 13.0. The number of benzene rings is 1. The van der Waals surface area contributed by atoms with Gasteiger partial charge in [0.05, 0.1) is 11.5 Å². The Hall–Kier alpha value is -1.86. The minimum absolute atomic E-state index is 0.0962. The minimum atomic E-state index is -0.352. The zero-order valence-electron chi connectivity index (χ0n) is 12.9. The molecule has 7 nitrogen and oxygen atoms in total. The van der Waals surface area contributed by atoms with Crippen molar-refractivity contribution in [3.63, 3.8) is 0 Å². The summed E-state index contributed by atoms with van der Waals surface area (Å²) >= 11 is 0. The molecule has 0 saturated heterocycles. The first-order chi connectivity index (χ1) is 10.1. The highest BCUT2D eigenvalue weighted by atomic mass is 16.6. The lowest BCUT2D eigenvalue weighted by molar-refractivity contribution is -0.383. The van der Waals surface area contributed by atoms with E-state index in [2.05, 4.69) is 15.5 Å². The lowest BCUT2D eigenvalue weighted by Gasteiger charge is -2.17. The van der Waals surface area contributed by atoms with Crippen molar-refractivity contribution in [2.75, 3.05) is 57.6 Å². The molecule has 118 valence electrons. The molecule has 1 aromatic rings. The van der Waals surface area contributed by atoms with Crippen molar-refractivity contribution in [3.8, 4) is 0 Å². The van der Waals surface area contributed by atoms with Crippen molar-refractivity contribution in [1.29, 1.82) is 0 Å². The maximum Gasteiger partial charge on any atom is 0.315 e. The van der Waals surface area contributed by atoms with Gasteiger partial charge >= 0.3 is 5.69 Å². The van der Waals surface area contributed by atoms with Gasteiger partial charge in [-0.3, -0.25) is 10.1 Å². The fourth-order valence-electron chi connectivity index (χ4n) is 1.96. The van der Waals surface area contributed by atoms with Crippen molar-refractivity contribution in [2.45, 2.75) is 6.92 Å². The number of methoxy groups -OCH3 is 1. The zero-order valence-corrected chi connectivity index (χ0v) is 12.9. The highest BCUT2D eigenvalue weighted by molar-refractivity contribution is 5.76. The molecule has 0 aliphatic carbocycles. The molecule has 0 fully saturated rings. The van der Waals surface area contributed by atoms with Crippen LogP contribution in [0.15, 0.2) is 18.2 Å². The van der Waals surface area contributed by atoms with Gasteiger partial charge in [-0.25, -0.2) is 0 Å². The standard InChI is InChI=1S/C14H24N4O3/c1-4-15-12-6-5-7-13(14(12)18(19)20)16-8-9-17(2)10-11-21-3/h5-7,15-16H,4,8-11H2,1-3H3. The largest absolute Gasteiger partial charge is 0.383 e. The summed E-state index contributed by atoms with van der Waals surface area (Å²) in [6.45, 7) is 5.48. The van der Waals surface area contributed by atoms with E-state index < -0.39 is 0 Å². The Bertz CT molecular complexity index is 454. The van der Waals surface area contributed by atoms with Gasteiger partial charge in [-0.1, -0.05) is 6.07 Å². The second kappa shape index (κ2) is 9.15. The molecule has 0 aliphatic heterocycles. The van der Waals surface area contributed by atoms with E-state index in [1.54, 1.807) is 19.2 Å². The molecule has 0 saturated carbocycles. The van der Waals surface area contributed by atoms with Gasteiger partial charge in [-0.05, 0) is 26.1 Å². The number of ether oxygens (including phenoxy) is 1.